The Morgan fingerprint density at radius 2 is 1.88 bits per heavy atom. The number of benzene rings is 1. The van der Waals surface area contributed by atoms with Gasteiger partial charge in [-0.15, -0.1) is 0 Å². The number of hydrogen-bond donors (Lipinski definition) is 0. The average Bonchev–Trinajstić information content (AvgIpc) is 3.20. The Morgan fingerprint density at radius 1 is 1.08 bits per heavy atom. The Labute approximate surface area is 143 Å². The summed E-state index contributed by atoms with van der Waals surface area (Å²) in [4.78, 5) is 3.93. The summed E-state index contributed by atoms with van der Waals surface area (Å²) >= 11 is 0. The lowest BCUT2D eigenvalue weighted by Crippen LogP contribution is -2.13. The van der Waals surface area contributed by atoms with Crippen LogP contribution in [-0.4, -0.2) is 27.2 Å². The third-order valence-electron chi connectivity index (χ3n) is 3.91. The van der Waals surface area contributed by atoms with E-state index in [0.29, 0.717) is 11.0 Å². The van der Waals surface area contributed by atoms with Crippen molar-refractivity contribution in [2.75, 3.05) is 0 Å². The Kier molecular flexibility index (Phi) is 3.43. The number of rotatable bonds is 3. The standard InChI is InChI=1S/C17H13FN4O2S/c1-21-11-13(10-20-21)12-8-16-15(19-9-12)6-7-22(16)25(23,24)17-5-3-2-4-14(17)18/h2-11H,1H3. The fourth-order valence-corrected chi connectivity index (χ4v) is 4.09. The van der Waals surface area contributed by atoms with Gasteiger partial charge in [-0.05, 0) is 24.3 Å². The molecule has 0 radical (unpaired) electrons. The van der Waals surface area contributed by atoms with Gasteiger partial charge in [-0.2, -0.15) is 5.10 Å². The van der Waals surface area contributed by atoms with Gasteiger partial charge in [0.25, 0.3) is 10.0 Å². The van der Waals surface area contributed by atoms with Crippen molar-refractivity contribution in [1.29, 1.82) is 0 Å². The number of pyridine rings is 1. The number of aryl methyl sites for hydroxylation is 1. The average molecular weight is 356 g/mol. The van der Waals surface area contributed by atoms with Gasteiger partial charge in [-0.3, -0.25) is 9.67 Å². The minimum Gasteiger partial charge on any atom is -0.275 e. The molecular weight excluding hydrogens is 343 g/mol. The molecule has 126 valence electrons. The van der Waals surface area contributed by atoms with Gasteiger partial charge in [0.15, 0.2) is 0 Å². The smallest absolute Gasteiger partial charge is 0.271 e. The lowest BCUT2D eigenvalue weighted by molar-refractivity contribution is 0.562. The highest BCUT2D eigenvalue weighted by molar-refractivity contribution is 7.90. The van der Waals surface area contributed by atoms with Crippen molar-refractivity contribution < 1.29 is 12.8 Å². The van der Waals surface area contributed by atoms with E-state index in [9.17, 15) is 12.8 Å². The molecule has 0 N–H and O–H groups in total. The van der Waals surface area contributed by atoms with Gasteiger partial charge in [0.2, 0.25) is 0 Å². The first kappa shape index (κ1) is 15.5. The molecule has 0 atom stereocenters. The molecular formula is C17H13FN4O2S. The molecule has 0 fully saturated rings. The van der Waals surface area contributed by atoms with Gasteiger partial charge in [-0.1, -0.05) is 12.1 Å². The summed E-state index contributed by atoms with van der Waals surface area (Å²) in [7, 11) is -2.27. The second kappa shape index (κ2) is 5.52. The highest BCUT2D eigenvalue weighted by Crippen LogP contribution is 2.26. The van der Waals surface area contributed by atoms with E-state index in [0.717, 1.165) is 21.2 Å². The van der Waals surface area contributed by atoms with Crippen molar-refractivity contribution in [3.63, 3.8) is 0 Å². The fourth-order valence-electron chi connectivity index (χ4n) is 2.68. The monoisotopic (exact) mass is 356 g/mol. The van der Waals surface area contributed by atoms with Crippen molar-refractivity contribution in [2.24, 2.45) is 7.05 Å². The molecule has 0 unspecified atom stereocenters. The molecule has 4 aromatic rings. The normalized spacial score (nSPS) is 11.9. The predicted molar refractivity (Wildman–Crippen MR) is 90.9 cm³/mol. The van der Waals surface area contributed by atoms with E-state index in [1.54, 1.807) is 36.3 Å². The minimum atomic E-state index is -4.07. The van der Waals surface area contributed by atoms with Gasteiger partial charge >= 0.3 is 0 Å². The van der Waals surface area contributed by atoms with Crippen molar-refractivity contribution in [2.45, 2.75) is 4.90 Å². The molecule has 3 aromatic heterocycles. The highest BCUT2D eigenvalue weighted by atomic mass is 32.2. The van der Waals surface area contributed by atoms with E-state index in [4.69, 9.17) is 0 Å². The van der Waals surface area contributed by atoms with Crippen LogP contribution in [0.25, 0.3) is 22.2 Å². The van der Waals surface area contributed by atoms with Crippen LogP contribution >= 0.6 is 0 Å². The topological polar surface area (TPSA) is 69.8 Å². The second-order valence-electron chi connectivity index (χ2n) is 5.58. The second-order valence-corrected chi connectivity index (χ2v) is 7.36. The molecule has 25 heavy (non-hydrogen) atoms. The molecule has 0 spiro atoms. The van der Waals surface area contributed by atoms with Crippen LogP contribution in [-0.2, 0) is 17.1 Å². The summed E-state index contributed by atoms with van der Waals surface area (Å²) in [5.41, 5.74) is 2.43. The first-order valence-electron chi connectivity index (χ1n) is 7.43. The summed E-state index contributed by atoms with van der Waals surface area (Å²) in [6, 6.07) is 8.59. The minimum absolute atomic E-state index is 0.376. The van der Waals surface area contributed by atoms with Gasteiger partial charge in [0.1, 0.15) is 10.7 Å². The van der Waals surface area contributed by atoms with E-state index < -0.39 is 15.8 Å². The zero-order chi connectivity index (χ0) is 17.6. The van der Waals surface area contributed by atoms with Crippen LogP contribution in [0.15, 0.2) is 66.1 Å². The van der Waals surface area contributed by atoms with Crippen LogP contribution in [0.3, 0.4) is 0 Å². The highest BCUT2D eigenvalue weighted by Gasteiger charge is 2.23. The molecule has 6 nitrogen and oxygen atoms in total. The van der Waals surface area contributed by atoms with Crippen LogP contribution in [0.1, 0.15) is 0 Å². The molecule has 0 aliphatic heterocycles. The van der Waals surface area contributed by atoms with Crippen LogP contribution in [0, 0.1) is 5.82 Å². The van der Waals surface area contributed by atoms with Gasteiger partial charge in [0.05, 0.1) is 17.2 Å². The van der Waals surface area contributed by atoms with Crippen LogP contribution in [0.4, 0.5) is 4.39 Å². The maximum absolute atomic E-state index is 14.0. The number of aromatic nitrogens is 4. The summed E-state index contributed by atoms with van der Waals surface area (Å²) in [6.45, 7) is 0. The summed E-state index contributed by atoms with van der Waals surface area (Å²) in [6.07, 6.45) is 6.51. The maximum Gasteiger partial charge on any atom is 0.271 e. The molecule has 1 aromatic carbocycles. The number of hydrogen-bond acceptors (Lipinski definition) is 4. The molecule has 8 heteroatoms. The number of nitrogens with zero attached hydrogens (tertiary/aromatic N) is 4. The number of halogens is 1. The first-order valence-corrected chi connectivity index (χ1v) is 8.87. The van der Waals surface area contributed by atoms with Crippen molar-refractivity contribution >= 4 is 21.1 Å². The third-order valence-corrected chi connectivity index (χ3v) is 5.64. The molecule has 0 saturated heterocycles. The molecule has 3 heterocycles. The Bertz CT molecular complexity index is 1190. The maximum atomic E-state index is 14.0. The molecule has 4 rings (SSSR count). The van der Waals surface area contributed by atoms with E-state index in [-0.39, 0.29) is 4.90 Å². The number of fused-ring (bicyclic) bond motifs is 1. The van der Waals surface area contributed by atoms with Crippen LogP contribution < -0.4 is 0 Å². The molecule has 0 aliphatic rings. The molecule has 0 saturated carbocycles. The fraction of sp³-hybridized carbons (Fsp3) is 0.0588. The summed E-state index contributed by atoms with van der Waals surface area (Å²) in [5, 5.41) is 4.11. The molecule has 0 aliphatic carbocycles. The Hall–Kier alpha value is -3.00. The zero-order valence-corrected chi connectivity index (χ0v) is 14.0. The third kappa shape index (κ3) is 2.51. The van der Waals surface area contributed by atoms with Gasteiger partial charge < -0.3 is 0 Å². The van der Waals surface area contributed by atoms with E-state index in [2.05, 4.69) is 10.1 Å². The first-order chi connectivity index (χ1) is 12.0. The lowest BCUT2D eigenvalue weighted by Gasteiger charge is -2.08. The Morgan fingerprint density at radius 3 is 2.60 bits per heavy atom. The molecule has 0 amide bonds. The van der Waals surface area contributed by atoms with E-state index in [1.165, 1.54) is 24.4 Å². The van der Waals surface area contributed by atoms with E-state index >= 15 is 0 Å². The Balaban J connectivity index is 1.92. The summed E-state index contributed by atoms with van der Waals surface area (Å²) in [5.74, 6) is -0.791. The quantitative estimate of drug-likeness (QED) is 0.566. The lowest BCUT2D eigenvalue weighted by atomic mass is 10.1. The van der Waals surface area contributed by atoms with Gasteiger partial charge in [-0.25, -0.2) is 16.8 Å². The zero-order valence-electron chi connectivity index (χ0n) is 13.2. The molecule has 0 bridgehead atoms. The van der Waals surface area contributed by atoms with Crippen molar-refractivity contribution in [3.8, 4) is 11.1 Å². The largest absolute Gasteiger partial charge is 0.275 e. The SMILES string of the molecule is Cn1cc(-c2cnc3ccn(S(=O)(=O)c4ccccc4F)c3c2)cn1. The predicted octanol–water partition coefficient (Wildman–Crippen LogP) is 2.81. The summed E-state index contributed by atoms with van der Waals surface area (Å²) < 4.78 is 42.4. The van der Waals surface area contributed by atoms with Crippen molar-refractivity contribution in [1.82, 2.24) is 18.7 Å². The van der Waals surface area contributed by atoms with Gasteiger partial charge in [0, 0.05) is 36.8 Å². The van der Waals surface area contributed by atoms with E-state index in [1.807, 2.05) is 6.20 Å². The van der Waals surface area contributed by atoms with Crippen molar-refractivity contribution in [3.05, 3.63) is 67.0 Å². The van der Waals surface area contributed by atoms with Crippen LogP contribution in [0.2, 0.25) is 0 Å². The van der Waals surface area contributed by atoms with Crippen LogP contribution in [0.5, 0.6) is 0 Å².